The van der Waals surface area contributed by atoms with E-state index in [4.69, 9.17) is 6.92 Å². The van der Waals surface area contributed by atoms with Crippen molar-refractivity contribution in [3.05, 3.63) is 6.92 Å². The van der Waals surface area contributed by atoms with Gasteiger partial charge in [0.05, 0.1) is 0 Å². The highest BCUT2D eigenvalue weighted by atomic mass is 16.1. The molecule has 1 rings (SSSR count). The van der Waals surface area contributed by atoms with Gasteiger partial charge in [-0.3, -0.25) is 4.79 Å². The monoisotopic (exact) mass is 111 g/mol. The Morgan fingerprint density at radius 3 is 2.75 bits per heavy atom. The topological polar surface area (TPSA) is 20.3 Å². The lowest BCUT2D eigenvalue weighted by atomic mass is 10.2. The van der Waals surface area contributed by atoms with Gasteiger partial charge in [0.1, 0.15) is 0 Å². The van der Waals surface area contributed by atoms with E-state index in [1.807, 2.05) is 0 Å². The molecule has 0 N–H and O–H groups in total. The van der Waals surface area contributed by atoms with Crippen molar-refractivity contribution in [3.63, 3.8) is 0 Å². The number of hydrogen-bond acceptors (Lipinski definition) is 1. The third kappa shape index (κ3) is 0.831. The Labute approximate surface area is 49.5 Å². The Kier molecular flexibility index (Phi) is 1.51. The van der Waals surface area contributed by atoms with Crippen LogP contribution in [0.25, 0.3) is 0 Å². The lowest BCUT2D eigenvalue weighted by Crippen LogP contribution is -2.24. The maximum atomic E-state index is 10.1. The average molecular weight is 111 g/mol. The van der Waals surface area contributed by atoms with E-state index in [-0.39, 0.29) is 6.04 Å². The molecule has 0 bridgehead atoms. The molecule has 2 radical (unpaired) electrons. The molecule has 0 aromatic carbocycles. The summed E-state index contributed by atoms with van der Waals surface area (Å²) in [6.45, 7) is 6.32. The van der Waals surface area contributed by atoms with Gasteiger partial charge < -0.3 is 4.90 Å². The zero-order chi connectivity index (χ0) is 5.98. The normalized spacial score (nSPS) is 28.6. The summed E-state index contributed by atoms with van der Waals surface area (Å²) in [6.07, 6.45) is 2.83. The summed E-state index contributed by atoms with van der Waals surface area (Å²) >= 11 is 0. The third-order valence-electron chi connectivity index (χ3n) is 1.48. The SMILES string of the molecule is [CH][C@@H]1CCCN1C=O. The lowest BCUT2D eigenvalue weighted by molar-refractivity contribution is -0.118. The molecule has 44 valence electrons. The largest absolute Gasteiger partial charge is 0.342 e. The van der Waals surface area contributed by atoms with Gasteiger partial charge in [-0.05, 0) is 19.8 Å². The van der Waals surface area contributed by atoms with Crippen molar-refractivity contribution >= 4 is 6.41 Å². The summed E-state index contributed by atoms with van der Waals surface area (Å²) in [7, 11) is 0. The van der Waals surface area contributed by atoms with Crippen LogP contribution in [0.4, 0.5) is 0 Å². The quantitative estimate of drug-likeness (QED) is 0.446. The number of nitrogens with zero attached hydrogens (tertiary/aromatic N) is 1. The van der Waals surface area contributed by atoms with E-state index in [1.54, 1.807) is 4.90 Å². The number of rotatable bonds is 1. The first-order valence-electron chi connectivity index (χ1n) is 2.81. The minimum absolute atomic E-state index is 0.00694. The third-order valence-corrected chi connectivity index (χ3v) is 1.48. The van der Waals surface area contributed by atoms with E-state index in [1.165, 1.54) is 0 Å². The first-order chi connectivity index (χ1) is 3.84. The lowest BCUT2D eigenvalue weighted by Gasteiger charge is -2.12. The van der Waals surface area contributed by atoms with E-state index in [9.17, 15) is 4.79 Å². The van der Waals surface area contributed by atoms with Gasteiger partial charge >= 0.3 is 0 Å². The molecule has 1 aliphatic rings. The molecule has 1 atom stereocenters. The Morgan fingerprint density at radius 2 is 2.50 bits per heavy atom. The molecule has 0 saturated carbocycles. The second kappa shape index (κ2) is 2.16. The summed E-state index contributed by atoms with van der Waals surface area (Å²) < 4.78 is 0. The maximum Gasteiger partial charge on any atom is 0.209 e. The predicted octanol–water partition coefficient (Wildman–Crippen LogP) is 0.318. The van der Waals surface area contributed by atoms with Gasteiger partial charge in [0.15, 0.2) is 0 Å². The smallest absolute Gasteiger partial charge is 0.209 e. The fourth-order valence-electron chi connectivity index (χ4n) is 0.946. The van der Waals surface area contributed by atoms with Gasteiger partial charge in [-0.25, -0.2) is 0 Å². The standard InChI is InChI=1S/C6H9NO/c1-6-3-2-4-7(6)5-8/h1,5-6H,2-4H2/t6-/m1/s1. The van der Waals surface area contributed by atoms with Gasteiger partial charge in [0.25, 0.3) is 0 Å². The van der Waals surface area contributed by atoms with Gasteiger partial charge in [-0.1, -0.05) is 0 Å². The maximum absolute atomic E-state index is 10.1. The molecule has 8 heavy (non-hydrogen) atoms. The minimum atomic E-state index is -0.00694. The van der Waals surface area contributed by atoms with E-state index >= 15 is 0 Å². The molecule has 0 spiro atoms. The molecule has 1 aliphatic heterocycles. The molecule has 1 fully saturated rings. The zero-order valence-electron chi connectivity index (χ0n) is 4.71. The van der Waals surface area contributed by atoms with Gasteiger partial charge in [0, 0.05) is 12.6 Å². The van der Waals surface area contributed by atoms with Crippen LogP contribution in [0.15, 0.2) is 0 Å². The van der Waals surface area contributed by atoms with E-state index < -0.39 is 0 Å². The molecular formula is C6H9NO. The average Bonchev–Trinajstić information content (AvgIpc) is 2.14. The van der Waals surface area contributed by atoms with Crippen LogP contribution in [0.3, 0.4) is 0 Å². The molecule has 2 heteroatoms. The Hall–Kier alpha value is -0.530. The van der Waals surface area contributed by atoms with Gasteiger partial charge in [-0.15, -0.1) is 0 Å². The molecule has 0 aromatic heterocycles. The molecule has 1 heterocycles. The number of carbonyl (C=O) groups is 1. The van der Waals surface area contributed by atoms with Crippen molar-refractivity contribution in [3.8, 4) is 0 Å². The van der Waals surface area contributed by atoms with Crippen LogP contribution in [-0.2, 0) is 4.79 Å². The number of amides is 1. The van der Waals surface area contributed by atoms with Crippen LogP contribution in [0.1, 0.15) is 12.8 Å². The second-order valence-corrected chi connectivity index (χ2v) is 2.05. The van der Waals surface area contributed by atoms with Crippen LogP contribution < -0.4 is 0 Å². The highest BCUT2D eigenvalue weighted by molar-refractivity contribution is 5.48. The van der Waals surface area contributed by atoms with Crippen molar-refractivity contribution in [2.24, 2.45) is 0 Å². The predicted molar refractivity (Wildman–Crippen MR) is 30.1 cm³/mol. The number of likely N-dealkylation sites (tertiary alicyclic amines) is 1. The van der Waals surface area contributed by atoms with Crippen LogP contribution in [0, 0.1) is 6.92 Å². The summed E-state index contributed by atoms with van der Waals surface area (Å²) in [5.74, 6) is 0. The molecule has 1 saturated heterocycles. The molecule has 0 aliphatic carbocycles. The summed E-state index contributed by atoms with van der Waals surface area (Å²) in [4.78, 5) is 11.7. The van der Waals surface area contributed by atoms with Crippen molar-refractivity contribution < 1.29 is 4.79 Å². The Bertz CT molecular complexity index is 92.5. The Morgan fingerprint density at radius 1 is 1.75 bits per heavy atom. The minimum Gasteiger partial charge on any atom is -0.342 e. The zero-order valence-corrected chi connectivity index (χ0v) is 4.71. The molecular weight excluding hydrogens is 102 g/mol. The van der Waals surface area contributed by atoms with Gasteiger partial charge in [-0.2, -0.15) is 0 Å². The van der Waals surface area contributed by atoms with Crippen LogP contribution in [0.5, 0.6) is 0 Å². The van der Waals surface area contributed by atoms with Gasteiger partial charge in [0.2, 0.25) is 6.41 Å². The fraction of sp³-hybridized carbons (Fsp3) is 0.667. The highest BCUT2D eigenvalue weighted by Gasteiger charge is 2.17. The fourth-order valence-corrected chi connectivity index (χ4v) is 0.946. The number of carbonyl (C=O) groups excluding carboxylic acids is 1. The molecule has 1 amide bonds. The van der Waals surface area contributed by atoms with Crippen molar-refractivity contribution in [2.45, 2.75) is 18.9 Å². The summed E-state index contributed by atoms with van der Waals surface area (Å²) in [6, 6.07) is -0.00694. The first kappa shape index (κ1) is 5.60. The highest BCUT2D eigenvalue weighted by Crippen LogP contribution is 2.12. The van der Waals surface area contributed by atoms with Crippen molar-refractivity contribution in [1.29, 1.82) is 0 Å². The molecule has 2 nitrogen and oxygen atoms in total. The molecule has 0 unspecified atom stereocenters. The van der Waals surface area contributed by atoms with Crippen molar-refractivity contribution in [1.82, 2.24) is 4.90 Å². The molecule has 0 aromatic rings. The van der Waals surface area contributed by atoms with Crippen LogP contribution >= 0.6 is 0 Å². The second-order valence-electron chi connectivity index (χ2n) is 2.05. The van der Waals surface area contributed by atoms with E-state index in [0.29, 0.717) is 0 Å². The van der Waals surface area contributed by atoms with E-state index in [0.717, 1.165) is 25.8 Å². The van der Waals surface area contributed by atoms with Crippen molar-refractivity contribution in [2.75, 3.05) is 6.54 Å². The summed E-state index contributed by atoms with van der Waals surface area (Å²) in [5, 5.41) is 0. The van der Waals surface area contributed by atoms with Crippen LogP contribution in [0.2, 0.25) is 0 Å². The first-order valence-corrected chi connectivity index (χ1v) is 2.81. The van der Waals surface area contributed by atoms with Crippen LogP contribution in [-0.4, -0.2) is 23.9 Å². The number of hydrogen-bond donors (Lipinski definition) is 0. The summed E-state index contributed by atoms with van der Waals surface area (Å²) in [5.41, 5.74) is 0. The van der Waals surface area contributed by atoms with E-state index in [2.05, 4.69) is 0 Å². The Balaban J connectivity index is 2.41.